The summed E-state index contributed by atoms with van der Waals surface area (Å²) >= 11 is 0. The van der Waals surface area contributed by atoms with E-state index in [2.05, 4.69) is 0 Å². The summed E-state index contributed by atoms with van der Waals surface area (Å²) in [5.74, 6) is 3.19. The first-order valence-electron chi connectivity index (χ1n) is 8.10. The van der Waals surface area contributed by atoms with Crippen LogP contribution in [0.4, 0.5) is 0 Å². The van der Waals surface area contributed by atoms with Gasteiger partial charge in [-0.3, -0.25) is 4.79 Å². The van der Waals surface area contributed by atoms with Crippen LogP contribution in [0, 0.1) is 29.6 Å². The number of likely N-dealkylation sites (tertiary alicyclic amines) is 1. The third-order valence-electron chi connectivity index (χ3n) is 6.28. The highest BCUT2D eigenvalue weighted by Crippen LogP contribution is 2.69. The van der Waals surface area contributed by atoms with Gasteiger partial charge in [-0.15, -0.1) is 0 Å². The Labute approximate surface area is 119 Å². The second kappa shape index (κ2) is 4.47. The normalized spacial score (nSPS) is 45.1. The topological polar surface area (TPSA) is 46.6 Å². The maximum atomic E-state index is 12.8. The van der Waals surface area contributed by atoms with Crippen molar-refractivity contribution in [1.82, 2.24) is 4.90 Å². The smallest absolute Gasteiger partial charge is 0.328 e. The molecular weight excluding hydrogens is 254 g/mol. The van der Waals surface area contributed by atoms with E-state index in [0.717, 1.165) is 37.6 Å². The third kappa shape index (κ3) is 1.66. The fourth-order valence-electron chi connectivity index (χ4n) is 5.42. The van der Waals surface area contributed by atoms with Crippen molar-refractivity contribution >= 4 is 11.9 Å². The van der Waals surface area contributed by atoms with Crippen LogP contribution < -0.4 is 0 Å². The van der Waals surface area contributed by atoms with Crippen LogP contribution in [0.1, 0.15) is 38.5 Å². The van der Waals surface area contributed by atoms with Gasteiger partial charge in [-0.25, -0.2) is 4.79 Å². The Kier molecular flexibility index (Phi) is 2.83. The predicted octanol–water partition coefficient (Wildman–Crippen LogP) is 1.83. The van der Waals surface area contributed by atoms with Gasteiger partial charge in [0.1, 0.15) is 6.04 Å². The first kappa shape index (κ1) is 12.7. The average molecular weight is 277 g/mol. The maximum absolute atomic E-state index is 12.8. The molecule has 1 saturated heterocycles. The SMILES string of the molecule is COC(=O)[C@H]1CCCCN1C(=O)C1C2C3CCC(C3)C12. The summed E-state index contributed by atoms with van der Waals surface area (Å²) < 4.78 is 4.89. The zero-order valence-corrected chi connectivity index (χ0v) is 12.1. The molecule has 1 aliphatic heterocycles. The van der Waals surface area contributed by atoms with Gasteiger partial charge in [0, 0.05) is 12.5 Å². The standard InChI is InChI=1S/C16H23NO3/c1-20-16(19)11-4-2-3-7-17(11)15(18)14-12-9-5-6-10(8-9)13(12)14/h9-14H,2-8H2,1H3/t9?,10?,11-,12?,13?,14?/m1/s1. The number of ether oxygens (including phenoxy) is 1. The Bertz CT molecular complexity index is 433. The molecule has 3 aliphatic carbocycles. The van der Waals surface area contributed by atoms with E-state index < -0.39 is 0 Å². The van der Waals surface area contributed by atoms with E-state index in [1.54, 1.807) is 0 Å². The molecule has 4 unspecified atom stereocenters. The Morgan fingerprint density at radius 2 is 1.75 bits per heavy atom. The predicted molar refractivity (Wildman–Crippen MR) is 72.7 cm³/mol. The second-order valence-electron chi connectivity index (χ2n) is 7.08. The molecule has 0 aromatic rings. The molecule has 4 fully saturated rings. The van der Waals surface area contributed by atoms with Gasteiger partial charge < -0.3 is 9.64 Å². The molecule has 0 radical (unpaired) electrons. The fourth-order valence-corrected chi connectivity index (χ4v) is 5.42. The number of carbonyl (C=O) groups excluding carboxylic acids is 2. The van der Waals surface area contributed by atoms with Gasteiger partial charge in [-0.05, 0) is 62.2 Å². The van der Waals surface area contributed by atoms with E-state index in [4.69, 9.17) is 4.74 Å². The Morgan fingerprint density at radius 1 is 1.05 bits per heavy atom. The molecule has 20 heavy (non-hydrogen) atoms. The number of fused-ring (bicyclic) bond motifs is 5. The maximum Gasteiger partial charge on any atom is 0.328 e. The summed E-state index contributed by atoms with van der Waals surface area (Å²) in [4.78, 5) is 26.6. The molecule has 0 aromatic carbocycles. The molecule has 0 spiro atoms. The monoisotopic (exact) mass is 277 g/mol. The number of nitrogens with zero attached hydrogens (tertiary/aromatic N) is 1. The van der Waals surface area contributed by atoms with Crippen molar-refractivity contribution in [1.29, 1.82) is 0 Å². The van der Waals surface area contributed by atoms with Gasteiger partial charge in [0.15, 0.2) is 0 Å². The second-order valence-corrected chi connectivity index (χ2v) is 7.08. The van der Waals surface area contributed by atoms with Crippen molar-refractivity contribution in [3.63, 3.8) is 0 Å². The summed E-state index contributed by atoms with van der Waals surface area (Å²) in [5.41, 5.74) is 0. The van der Waals surface area contributed by atoms with Gasteiger partial charge >= 0.3 is 5.97 Å². The Hall–Kier alpha value is -1.06. The molecule has 0 N–H and O–H groups in total. The molecule has 4 heteroatoms. The van der Waals surface area contributed by atoms with Gasteiger partial charge in [-0.1, -0.05) is 0 Å². The van der Waals surface area contributed by atoms with E-state index >= 15 is 0 Å². The molecule has 4 nitrogen and oxygen atoms in total. The largest absolute Gasteiger partial charge is 0.467 e. The first-order chi connectivity index (χ1) is 9.72. The molecule has 4 aliphatic rings. The zero-order chi connectivity index (χ0) is 13.9. The van der Waals surface area contributed by atoms with Crippen molar-refractivity contribution in [3.05, 3.63) is 0 Å². The number of rotatable bonds is 2. The lowest BCUT2D eigenvalue weighted by Crippen LogP contribution is -2.49. The van der Waals surface area contributed by atoms with Crippen molar-refractivity contribution in [2.45, 2.75) is 44.6 Å². The quantitative estimate of drug-likeness (QED) is 0.723. The van der Waals surface area contributed by atoms with Crippen LogP contribution in [0.15, 0.2) is 0 Å². The number of hydrogen-bond acceptors (Lipinski definition) is 3. The van der Waals surface area contributed by atoms with Crippen LogP contribution in [-0.4, -0.2) is 36.5 Å². The molecular formula is C16H23NO3. The molecule has 1 amide bonds. The van der Waals surface area contributed by atoms with Gasteiger partial charge in [0.25, 0.3) is 0 Å². The third-order valence-corrected chi connectivity index (χ3v) is 6.28. The van der Waals surface area contributed by atoms with Crippen LogP contribution in [0.25, 0.3) is 0 Å². The molecule has 1 heterocycles. The highest BCUT2D eigenvalue weighted by Gasteiger charge is 2.68. The number of methoxy groups -OCH3 is 1. The average Bonchev–Trinajstić information content (AvgIpc) is 2.93. The minimum absolute atomic E-state index is 0.230. The van der Waals surface area contributed by atoms with Crippen LogP contribution in [0.2, 0.25) is 0 Å². The number of piperidine rings is 1. The highest BCUT2D eigenvalue weighted by molar-refractivity contribution is 5.88. The van der Waals surface area contributed by atoms with Gasteiger partial charge in [0.05, 0.1) is 7.11 Å². The summed E-state index contributed by atoms with van der Waals surface area (Å²) in [5, 5.41) is 0. The lowest BCUT2D eigenvalue weighted by atomic mass is 9.98. The van der Waals surface area contributed by atoms with Crippen LogP contribution >= 0.6 is 0 Å². The molecule has 4 rings (SSSR count). The van der Waals surface area contributed by atoms with Crippen molar-refractivity contribution in [2.24, 2.45) is 29.6 Å². The van der Waals surface area contributed by atoms with Gasteiger partial charge in [0.2, 0.25) is 5.91 Å². The molecule has 0 aromatic heterocycles. The fraction of sp³-hybridized carbons (Fsp3) is 0.875. The number of amides is 1. The Balaban J connectivity index is 1.49. The van der Waals surface area contributed by atoms with Crippen LogP contribution in [0.3, 0.4) is 0 Å². The van der Waals surface area contributed by atoms with Crippen LogP contribution in [-0.2, 0) is 14.3 Å². The van der Waals surface area contributed by atoms with E-state index in [1.165, 1.54) is 26.4 Å². The molecule has 110 valence electrons. The van der Waals surface area contributed by atoms with Crippen molar-refractivity contribution < 1.29 is 14.3 Å². The minimum Gasteiger partial charge on any atom is -0.467 e. The summed E-state index contributed by atoms with van der Waals surface area (Å²) in [6.07, 6.45) is 6.83. The lowest BCUT2D eigenvalue weighted by molar-refractivity contribution is -0.155. The van der Waals surface area contributed by atoms with Crippen molar-refractivity contribution in [3.8, 4) is 0 Å². The lowest BCUT2D eigenvalue weighted by Gasteiger charge is -2.34. The molecule has 2 bridgehead atoms. The van der Waals surface area contributed by atoms with E-state index in [1.807, 2.05) is 4.90 Å². The number of hydrogen-bond donors (Lipinski definition) is 0. The number of esters is 1. The van der Waals surface area contributed by atoms with E-state index in [9.17, 15) is 9.59 Å². The Morgan fingerprint density at radius 3 is 2.40 bits per heavy atom. The summed E-state index contributed by atoms with van der Waals surface area (Å²) in [6, 6.07) is -0.319. The number of carbonyl (C=O) groups is 2. The summed E-state index contributed by atoms with van der Waals surface area (Å²) in [6.45, 7) is 0.740. The minimum atomic E-state index is -0.319. The first-order valence-corrected chi connectivity index (χ1v) is 8.10. The zero-order valence-electron chi connectivity index (χ0n) is 12.1. The molecule has 5 atom stereocenters. The molecule has 3 saturated carbocycles. The summed E-state index contributed by atoms with van der Waals surface area (Å²) in [7, 11) is 1.42. The van der Waals surface area contributed by atoms with Gasteiger partial charge in [-0.2, -0.15) is 0 Å². The highest BCUT2D eigenvalue weighted by atomic mass is 16.5. The van der Waals surface area contributed by atoms with Crippen molar-refractivity contribution in [2.75, 3.05) is 13.7 Å². The van der Waals surface area contributed by atoms with E-state index in [-0.39, 0.29) is 23.8 Å². The van der Waals surface area contributed by atoms with Crippen LogP contribution in [0.5, 0.6) is 0 Å². The van der Waals surface area contributed by atoms with E-state index in [0.29, 0.717) is 11.8 Å².